The first-order chi connectivity index (χ1) is 8.99. The number of likely N-dealkylation sites (tertiary alicyclic amines) is 1. The Kier molecular flexibility index (Phi) is 10.6. The summed E-state index contributed by atoms with van der Waals surface area (Å²) in [5, 5.41) is 3.20. The lowest BCUT2D eigenvalue weighted by atomic mass is 10.1. The summed E-state index contributed by atoms with van der Waals surface area (Å²) in [6.07, 6.45) is 3.70. The molecular weight excluding hydrogens is 363 g/mol. The lowest BCUT2D eigenvalue weighted by Gasteiger charge is -2.25. The zero-order valence-electron chi connectivity index (χ0n) is 13.6. The average molecular weight is 396 g/mol. The number of nitrogens with one attached hydrogen (secondary N) is 1. The molecule has 20 heavy (non-hydrogen) atoms. The molecule has 1 aliphatic heterocycles. The van der Waals surface area contributed by atoms with Gasteiger partial charge in [-0.15, -0.1) is 24.0 Å². The second-order valence-electron chi connectivity index (χ2n) is 6.52. The highest BCUT2D eigenvalue weighted by molar-refractivity contribution is 14.0. The third-order valence-electron chi connectivity index (χ3n) is 3.60. The molecule has 0 radical (unpaired) electrons. The number of hydrogen-bond donors (Lipinski definition) is 2. The van der Waals surface area contributed by atoms with E-state index in [9.17, 15) is 0 Å². The summed E-state index contributed by atoms with van der Waals surface area (Å²) in [6, 6.07) is 0.591. The van der Waals surface area contributed by atoms with E-state index in [1.807, 2.05) is 0 Å². The molecular formula is C15H33IN4. The summed E-state index contributed by atoms with van der Waals surface area (Å²) in [5.74, 6) is 2.04. The van der Waals surface area contributed by atoms with Gasteiger partial charge in [0.15, 0.2) is 5.96 Å². The molecule has 5 heteroatoms. The zero-order valence-corrected chi connectivity index (χ0v) is 15.9. The van der Waals surface area contributed by atoms with Crippen molar-refractivity contribution in [3.63, 3.8) is 0 Å². The predicted molar refractivity (Wildman–Crippen MR) is 98.8 cm³/mol. The zero-order chi connectivity index (χ0) is 14.3. The van der Waals surface area contributed by atoms with Crippen LogP contribution < -0.4 is 11.1 Å². The van der Waals surface area contributed by atoms with Gasteiger partial charge in [0.25, 0.3) is 0 Å². The van der Waals surface area contributed by atoms with Gasteiger partial charge < -0.3 is 11.1 Å². The van der Waals surface area contributed by atoms with Gasteiger partial charge in [-0.05, 0) is 37.6 Å². The van der Waals surface area contributed by atoms with Crippen LogP contribution in [0.1, 0.15) is 47.0 Å². The average Bonchev–Trinajstić information content (AvgIpc) is 2.72. The third-order valence-corrected chi connectivity index (χ3v) is 3.60. The van der Waals surface area contributed by atoms with Crippen molar-refractivity contribution in [3.8, 4) is 0 Å². The molecule has 1 aliphatic rings. The number of aliphatic imine (C=N–C) groups is 1. The standard InChI is InChI=1S/C15H32N4.HI/c1-12(2)7-8-17-15(16)18-10-14-6-5-9-19(14)11-13(3)4;/h12-14H,5-11H2,1-4H3,(H3,16,17,18);1H/t14-;/m1./s1. The maximum absolute atomic E-state index is 5.91. The highest BCUT2D eigenvalue weighted by Gasteiger charge is 2.24. The van der Waals surface area contributed by atoms with Gasteiger partial charge in [-0.2, -0.15) is 0 Å². The summed E-state index contributed by atoms with van der Waals surface area (Å²) in [7, 11) is 0. The number of hydrogen-bond acceptors (Lipinski definition) is 2. The summed E-state index contributed by atoms with van der Waals surface area (Å²) in [5.41, 5.74) is 5.91. The minimum Gasteiger partial charge on any atom is -0.370 e. The van der Waals surface area contributed by atoms with E-state index in [2.05, 4.69) is 42.9 Å². The van der Waals surface area contributed by atoms with Crippen LogP contribution in [0.3, 0.4) is 0 Å². The highest BCUT2D eigenvalue weighted by atomic mass is 127. The number of halogens is 1. The molecule has 3 N–H and O–H groups in total. The number of rotatable bonds is 7. The van der Waals surface area contributed by atoms with E-state index in [1.165, 1.54) is 25.9 Å². The summed E-state index contributed by atoms with van der Waals surface area (Å²) in [4.78, 5) is 7.07. The highest BCUT2D eigenvalue weighted by Crippen LogP contribution is 2.18. The fourth-order valence-electron chi connectivity index (χ4n) is 2.56. The van der Waals surface area contributed by atoms with E-state index in [0.29, 0.717) is 17.9 Å². The molecule has 1 atom stereocenters. The van der Waals surface area contributed by atoms with Gasteiger partial charge in [0.2, 0.25) is 0 Å². The van der Waals surface area contributed by atoms with E-state index in [0.717, 1.165) is 25.4 Å². The van der Waals surface area contributed by atoms with Crippen molar-refractivity contribution < 1.29 is 0 Å². The van der Waals surface area contributed by atoms with Crippen LogP contribution >= 0.6 is 24.0 Å². The molecule has 0 aromatic heterocycles. The van der Waals surface area contributed by atoms with Crippen molar-refractivity contribution in [3.05, 3.63) is 0 Å². The Bertz CT molecular complexity index is 279. The molecule has 0 amide bonds. The number of guanidine groups is 1. The Morgan fingerprint density at radius 3 is 2.60 bits per heavy atom. The largest absolute Gasteiger partial charge is 0.370 e. The van der Waals surface area contributed by atoms with E-state index < -0.39 is 0 Å². The Morgan fingerprint density at radius 1 is 1.30 bits per heavy atom. The first-order valence-electron chi connectivity index (χ1n) is 7.77. The molecule has 0 bridgehead atoms. The Balaban J connectivity index is 0.00000361. The Hall–Kier alpha value is -0.0400. The minimum atomic E-state index is 0. The minimum absolute atomic E-state index is 0. The van der Waals surface area contributed by atoms with Gasteiger partial charge >= 0.3 is 0 Å². The van der Waals surface area contributed by atoms with Crippen molar-refractivity contribution in [1.29, 1.82) is 0 Å². The molecule has 0 aliphatic carbocycles. The summed E-state index contributed by atoms with van der Waals surface area (Å²) in [6.45, 7) is 13.2. The number of nitrogens with two attached hydrogens (primary N) is 1. The van der Waals surface area contributed by atoms with Crippen LogP contribution in [0, 0.1) is 11.8 Å². The summed E-state index contributed by atoms with van der Waals surface area (Å²) >= 11 is 0. The molecule has 0 spiro atoms. The van der Waals surface area contributed by atoms with Gasteiger partial charge in [0.1, 0.15) is 0 Å². The van der Waals surface area contributed by atoms with Crippen LogP contribution in [-0.2, 0) is 0 Å². The van der Waals surface area contributed by atoms with E-state index in [4.69, 9.17) is 5.73 Å². The van der Waals surface area contributed by atoms with Crippen molar-refractivity contribution in [2.45, 2.75) is 53.0 Å². The van der Waals surface area contributed by atoms with Gasteiger partial charge in [-0.25, -0.2) is 0 Å². The monoisotopic (exact) mass is 396 g/mol. The van der Waals surface area contributed by atoms with Crippen LogP contribution in [0.2, 0.25) is 0 Å². The quantitative estimate of drug-likeness (QED) is 0.395. The van der Waals surface area contributed by atoms with Gasteiger partial charge in [0, 0.05) is 19.1 Å². The molecule has 0 saturated carbocycles. The molecule has 0 aromatic rings. The summed E-state index contributed by atoms with van der Waals surface area (Å²) < 4.78 is 0. The fraction of sp³-hybridized carbons (Fsp3) is 0.933. The maximum Gasteiger partial charge on any atom is 0.188 e. The smallest absolute Gasteiger partial charge is 0.188 e. The lowest BCUT2D eigenvalue weighted by molar-refractivity contribution is 0.231. The molecule has 120 valence electrons. The van der Waals surface area contributed by atoms with Crippen LogP contribution in [0.15, 0.2) is 4.99 Å². The maximum atomic E-state index is 5.91. The van der Waals surface area contributed by atoms with Crippen LogP contribution in [0.25, 0.3) is 0 Å². The van der Waals surface area contributed by atoms with E-state index in [1.54, 1.807) is 0 Å². The van der Waals surface area contributed by atoms with Gasteiger partial charge in [-0.3, -0.25) is 9.89 Å². The Labute approximate surface area is 142 Å². The second kappa shape index (κ2) is 10.7. The van der Waals surface area contributed by atoms with Gasteiger partial charge in [-0.1, -0.05) is 27.7 Å². The second-order valence-corrected chi connectivity index (χ2v) is 6.52. The molecule has 0 unspecified atom stereocenters. The molecule has 0 aromatic carbocycles. The number of nitrogens with zero attached hydrogens (tertiary/aromatic N) is 2. The van der Waals surface area contributed by atoms with Crippen LogP contribution in [-0.4, -0.2) is 43.1 Å². The van der Waals surface area contributed by atoms with Crippen LogP contribution in [0.5, 0.6) is 0 Å². The predicted octanol–water partition coefficient (Wildman–Crippen LogP) is 2.68. The van der Waals surface area contributed by atoms with Crippen molar-refractivity contribution in [1.82, 2.24) is 10.2 Å². The van der Waals surface area contributed by atoms with Crippen LogP contribution in [0.4, 0.5) is 0 Å². The van der Waals surface area contributed by atoms with Crippen molar-refractivity contribution in [2.24, 2.45) is 22.6 Å². The molecule has 1 saturated heterocycles. The SMILES string of the molecule is CC(C)CCNC(N)=NC[C@H]1CCCN1CC(C)C.I. The molecule has 4 nitrogen and oxygen atoms in total. The molecule has 1 rings (SSSR count). The molecule has 1 fully saturated rings. The molecule has 1 heterocycles. The Morgan fingerprint density at radius 2 is 2.00 bits per heavy atom. The third kappa shape index (κ3) is 8.29. The fourth-order valence-corrected chi connectivity index (χ4v) is 2.56. The van der Waals surface area contributed by atoms with E-state index in [-0.39, 0.29) is 24.0 Å². The topological polar surface area (TPSA) is 53.6 Å². The first-order valence-corrected chi connectivity index (χ1v) is 7.77. The lowest BCUT2D eigenvalue weighted by Crippen LogP contribution is -2.37. The first kappa shape index (κ1) is 20.0. The van der Waals surface area contributed by atoms with Crippen molar-refractivity contribution in [2.75, 3.05) is 26.2 Å². The van der Waals surface area contributed by atoms with Gasteiger partial charge in [0.05, 0.1) is 6.54 Å². The normalized spacial score (nSPS) is 20.5. The van der Waals surface area contributed by atoms with Crippen molar-refractivity contribution >= 4 is 29.9 Å². The van der Waals surface area contributed by atoms with E-state index >= 15 is 0 Å².